The summed E-state index contributed by atoms with van der Waals surface area (Å²) in [5.74, 6) is -7.40. The van der Waals surface area contributed by atoms with Gasteiger partial charge in [-0.25, -0.2) is 8.78 Å². The summed E-state index contributed by atoms with van der Waals surface area (Å²) in [5, 5.41) is 18.3. The zero-order valence-electron chi connectivity index (χ0n) is 25.7. The molecule has 2 heterocycles. The number of aliphatic carboxylic acids is 2. The zero-order valence-corrected chi connectivity index (χ0v) is 28.0. The summed E-state index contributed by atoms with van der Waals surface area (Å²) in [6, 6.07) is 1.30. The Balaban J connectivity index is 1.46. The molecule has 0 saturated carbocycles. The van der Waals surface area contributed by atoms with E-state index < -0.39 is 47.1 Å². The smallest absolute Gasteiger partial charge is 0.306 e. The van der Waals surface area contributed by atoms with Crippen molar-refractivity contribution in [3.63, 3.8) is 0 Å². The molecule has 0 spiro atoms. The van der Waals surface area contributed by atoms with Crippen LogP contribution in [0.2, 0.25) is 10.0 Å². The van der Waals surface area contributed by atoms with Crippen molar-refractivity contribution < 1.29 is 57.1 Å². The summed E-state index contributed by atoms with van der Waals surface area (Å²) < 4.78 is 53.3. The molecule has 2 atom stereocenters. The molecule has 0 unspecified atom stereocenters. The van der Waals surface area contributed by atoms with Crippen LogP contribution in [0.15, 0.2) is 6.07 Å². The summed E-state index contributed by atoms with van der Waals surface area (Å²) in [6.45, 7) is 2.45. The van der Waals surface area contributed by atoms with Gasteiger partial charge < -0.3 is 34.1 Å². The quantitative estimate of drug-likeness (QED) is 0.130. The molecule has 47 heavy (non-hydrogen) atoms. The number of benzene rings is 2. The van der Waals surface area contributed by atoms with Crippen molar-refractivity contribution in [3.8, 4) is 23.0 Å². The minimum absolute atomic E-state index is 0.00783. The number of ketones is 1. The molecule has 254 valence electrons. The van der Waals surface area contributed by atoms with Crippen LogP contribution in [0.25, 0.3) is 10.1 Å². The Morgan fingerprint density at radius 3 is 2.02 bits per heavy atom. The fraction of sp³-hybridized carbons (Fsp3) is 0.419. The van der Waals surface area contributed by atoms with Crippen LogP contribution in [0.4, 0.5) is 8.78 Å². The summed E-state index contributed by atoms with van der Waals surface area (Å²) in [6.07, 6.45) is -0.383. The van der Waals surface area contributed by atoms with Crippen LogP contribution >= 0.6 is 34.5 Å². The van der Waals surface area contributed by atoms with Crippen LogP contribution in [0.1, 0.15) is 53.9 Å². The Morgan fingerprint density at radius 2 is 1.43 bits per heavy atom. The number of fused-ring (bicyclic) bond motifs is 2. The lowest BCUT2D eigenvalue weighted by Gasteiger charge is -2.17. The molecule has 4 rings (SSSR count). The number of nitrogens with zero attached hydrogens (tertiary/aromatic N) is 1. The Kier molecular flexibility index (Phi) is 11.4. The van der Waals surface area contributed by atoms with Crippen LogP contribution in [-0.2, 0) is 27.5 Å². The number of Topliss-reactive ketones (excluding diaryl/α,β-unsaturated/α-hetero) is 1. The maximum Gasteiger partial charge on any atom is 0.306 e. The first-order chi connectivity index (χ1) is 22.2. The van der Waals surface area contributed by atoms with Gasteiger partial charge in [-0.2, -0.15) is 0 Å². The van der Waals surface area contributed by atoms with Crippen molar-refractivity contribution in [2.24, 2.45) is 11.8 Å². The largest absolute Gasteiger partial charge is 0.491 e. The number of carboxylic acid groups (broad SMARTS) is 2. The number of carboxylic acids is 2. The molecule has 2 N–H and O–H groups in total. The van der Waals surface area contributed by atoms with E-state index in [1.54, 1.807) is 0 Å². The molecule has 16 heteroatoms. The van der Waals surface area contributed by atoms with Gasteiger partial charge in [0, 0.05) is 48.9 Å². The topological polar surface area (TPSA) is 149 Å². The highest BCUT2D eigenvalue weighted by molar-refractivity contribution is 7.21. The molecule has 1 aliphatic rings. The Labute approximate surface area is 281 Å². The molecule has 2 aromatic carbocycles. The SMILES string of the molecule is COc1c(F)c2c(c(Cl)c1OCCCOc1c(OC)c(Cl)c3sc(C(=O)C[C@H](C)C(=O)O)cc3c1F)CN(C(=O)C[C@H](C)C(=O)O)C2. The average molecular weight is 719 g/mol. The fourth-order valence-corrected chi connectivity index (χ4v) is 6.66. The predicted octanol–water partition coefficient (Wildman–Crippen LogP) is 6.60. The zero-order chi connectivity index (χ0) is 34.7. The lowest BCUT2D eigenvalue weighted by atomic mass is 10.0. The second-order valence-corrected chi connectivity index (χ2v) is 12.7. The van der Waals surface area contributed by atoms with Crippen LogP contribution in [0.3, 0.4) is 0 Å². The molecule has 0 bridgehead atoms. The minimum Gasteiger partial charge on any atom is -0.491 e. The number of carbonyl (C=O) groups excluding carboxylic acids is 2. The fourth-order valence-electron chi connectivity index (χ4n) is 4.94. The van der Waals surface area contributed by atoms with E-state index in [4.69, 9.17) is 52.4 Å². The third-order valence-corrected chi connectivity index (χ3v) is 9.67. The number of halogens is 4. The van der Waals surface area contributed by atoms with Gasteiger partial charge in [-0.15, -0.1) is 11.3 Å². The van der Waals surface area contributed by atoms with E-state index in [0.717, 1.165) is 11.3 Å². The van der Waals surface area contributed by atoms with Crippen molar-refractivity contribution in [1.29, 1.82) is 0 Å². The second-order valence-electron chi connectivity index (χ2n) is 10.9. The summed E-state index contributed by atoms with van der Waals surface area (Å²) in [4.78, 5) is 49.1. The van der Waals surface area contributed by atoms with E-state index in [1.807, 2.05) is 0 Å². The molecule has 1 aliphatic heterocycles. The monoisotopic (exact) mass is 717 g/mol. The van der Waals surface area contributed by atoms with E-state index in [0.29, 0.717) is 5.56 Å². The molecular formula is C31H31Cl2F2NO10S. The first-order valence-electron chi connectivity index (χ1n) is 14.3. The van der Waals surface area contributed by atoms with Crippen molar-refractivity contribution in [1.82, 2.24) is 4.90 Å². The molecule has 3 aromatic rings. The first kappa shape index (κ1) is 36.0. The molecule has 0 aliphatic carbocycles. The van der Waals surface area contributed by atoms with Crippen LogP contribution < -0.4 is 18.9 Å². The van der Waals surface area contributed by atoms with E-state index in [1.165, 1.54) is 39.0 Å². The lowest BCUT2D eigenvalue weighted by Crippen LogP contribution is -2.28. The minimum atomic E-state index is -1.13. The summed E-state index contributed by atoms with van der Waals surface area (Å²) in [5.41, 5.74) is 0.455. The van der Waals surface area contributed by atoms with Gasteiger partial charge in [0.1, 0.15) is 5.02 Å². The summed E-state index contributed by atoms with van der Waals surface area (Å²) >= 11 is 14.0. The molecule has 1 aromatic heterocycles. The molecule has 11 nitrogen and oxygen atoms in total. The van der Waals surface area contributed by atoms with Gasteiger partial charge in [-0.1, -0.05) is 37.0 Å². The maximum absolute atomic E-state index is 15.6. The van der Waals surface area contributed by atoms with Crippen molar-refractivity contribution in [2.45, 2.75) is 46.2 Å². The number of ether oxygens (including phenoxy) is 4. The summed E-state index contributed by atoms with van der Waals surface area (Å²) in [7, 11) is 2.50. The van der Waals surface area contributed by atoms with Crippen molar-refractivity contribution in [3.05, 3.63) is 43.8 Å². The standard InChI is InChI=1S/C31H31Cl2F2NO10S/c1-13(30(39)40)8-18(37)19-10-15-23(34)28(25(43-3)22(33)29(15)47-19)46-7-5-6-45-26-21(32)16-11-36(20(38)9-14(2)31(41)42)12-17(16)24(35)27(26)44-4/h10,13-14H,5-9,11-12H2,1-4H3,(H,39,40)(H,41,42)/t13-,14-/m0/s1. The molecule has 0 saturated heterocycles. The highest BCUT2D eigenvalue weighted by Crippen LogP contribution is 2.48. The van der Waals surface area contributed by atoms with E-state index in [2.05, 4.69) is 0 Å². The van der Waals surface area contributed by atoms with Crippen molar-refractivity contribution in [2.75, 3.05) is 27.4 Å². The maximum atomic E-state index is 15.6. The molecule has 0 fully saturated rings. The van der Waals surface area contributed by atoms with Gasteiger partial charge in [0.2, 0.25) is 5.91 Å². The van der Waals surface area contributed by atoms with Crippen LogP contribution in [0, 0.1) is 23.5 Å². The van der Waals surface area contributed by atoms with Gasteiger partial charge in [0.15, 0.2) is 40.4 Å². The Bertz CT molecular complexity index is 1750. The van der Waals surface area contributed by atoms with Crippen molar-refractivity contribution >= 4 is 68.3 Å². The molecular weight excluding hydrogens is 687 g/mol. The van der Waals surface area contributed by atoms with Gasteiger partial charge in [0.05, 0.1) is 53.9 Å². The molecule has 1 amide bonds. The number of thiophene rings is 1. The second kappa shape index (κ2) is 14.9. The Morgan fingerprint density at radius 1 is 0.851 bits per heavy atom. The third kappa shape index (κ3) is 7.34. The highest BCUT2D eigenvalue weighted by Gasteiger charge is 2.34. The lowest BCUT2D eigenvalue weighted by molar-refractivity contribution is -0.145. The Hall–Kier alpha value is -3.88. The van der Waals surface area contributed by atoms with Crippen LogP contribution in [0.5, 0.6) is 23.0 Å². The van der Waals surface area contributed by atoms with E-state index >= 15 is 8.78 Å². The average Bonchev–Trinajstić information content (AvgIpc) is 3.68. The predicted molar refractivity (Wildman–Crippen MR) is 168 cm³/mol. The number of carbonyl (C=O) groups is 4. The van der Waals surface area contributed by atoms with E-state index in [9.17, 15) is 19.2 Å². The van der Waals surface area contributed by atoms with Gasteiger partial charge in [0.25, 0.3) is 0 Å². The van der Waals surface area contributed by atoms with Gasteiger partial charge in [-0.3, -0.25) is 19.2 Å². The number of amides is 1. The highest BCUT2D eigenvalue weighted by atomic mass is 35.5. The first-order valence-corrected chi connectivity index (χ1v) is 15.9. The number of methoxy groups -OCH3 is 2. The van der Waals surface area contributed by atoms with Gasteiger partial charge >= 0.3 is 11.9 Å². The number of hydrogen-bond acceptors (Lipinski definition) is 9. The van der Waals surface area contributed by atoms with E-state index in [-0.39, 0.29) is 99.1 Å². The van der Waals surface area contributed by atoms with Gasteiger partial charge in [-0.05, 0) is 6.07 Å². The molecule has 0 radical (unpaired) electrons. The van der Waals surface area contributed by atoms with Crippen LogP contribution in [-0.4, -0.2) is 66.2 Å². The number of rotatable bonds is 15. The normalized spacial score (nSPS) is 13.7. The third-order valence-electron chi connectivity index (χ3n) is 7.60. The number of hydrogen-bond donors (Lipinski definition) is 2.